The fraction of sp³-hybridized carbons (Fsp3) is 0.704. The second-order valence-corrected chi connectivity index (χ2v) is 12.5. The zero-order valence-corrected chi connectivity index (χ0v) is 24.1. The molecule has 7 nitrogen and oxygen atoms in total. The van der Waals surface area contributed by atoms with Crippen molar-refractivity contribution in [2.75, 3.05) is 46.4 Å². The topological polar surface area (TPSA) is 79.1 Å². The van der Waals surface area contributed by atoms with Crippen LogP contribution in [0.4, 0.5) is 4.39 Å². The van der Waals surface area contributed by atoms with Gasteiger partial charge < -0.3 is 20.3 Å². The number of carbonyl (C=O) groups is 2. The van der Waals surface area contributed by atoms with Crippen LogP contribution in [0.1, 0.15) is 52.5 Å². The van der Waals surface area contributed by atoms with Crippen LogP contribution in [-0.4, -0.2) is 90.6 Å². The largest absolute Gasteiger partial charge is 0.382 e. The van der Waals surface area contributed by atoms with Gasteiger partial charge in [-0.05, 0) is 50.8 Å². The zero-order chi connectivity index (χ0) is 26.8. The van der Waals surface area contributed by atoms with E-state index in [4.69, 9.17) is 10.5 Å². The summed E-state index contributed by atoms with van der Waals surface area (Å²) >= 11 is 3.34. The summed E-state index contributed by atoms with van der Waals surface area (Å²) in [4.78, 5) is 32.9. The normalized spacial score (nSPS) is 24.4. The first-order valence-electron chi connectivity index (χ1n) is 12.9. The van der Waals surface area contributed by atoms with Gasteiger partial charge >= 0.3 is 0 Å². The third-order valence-electron chi connectivity index (χ3n) is 7.43. The average Bonchev–Trinajstić information content (AvgIpc) is 3.23. The molecule has 2 N–H and O–H groups in total. The number of halogens is 2. The molecule has 1 aromatic rings. The minimum atomic E-state index is -0.546. The molecule has 0 aliphatic carbocycles. The van der Waals surface area contributed by atoms with Crippen LogP contribution in [0.2, 0.25) is 0 Å². The maximum atomic E-state index is 15.1. The third kappa shape index (κ3) is 6.65. The first-order valence-corrected chi connectivity index (χ1v) is 13.7. The number of carbonyl (C=O) groups excluding carboxylic acids is 2. The van der Waals surface area contributed by atoms with E-state index in [-0.39, 0.29) is 41.0 Å². The highest BCUT2D eigenvalue weighted by Gasteiger charge is 2.46. The van der Waals surface area contributed by atoms with Gasteiger partial charge in [-0.25, -0.2) is 4.39 Å². The van der Waals surface area contributed by atoms with Crippen molar-refractivity contribution in [3.8, 4) is 0 Å². The van der Waals surface area contributed by atoms with Crippen molar-refractivity contribution in [3.05, 3.63) is 34.1 Å². The summed E-state index contributed by atoms with van der Waals surface area (Å²) in [6.45, 7) is 13.2. The van der Waals surface area contributed by atoms with E-state index >= 15 is 4.39 Å². The van der Waals surface area contributed by atoms with Gasteiger partial charge in [-0.2, -0.15) is 0 Å². The van der Waals surface area contributed by atoms with E-state index in [2.05, 4.69) is 41.6 Å². The number of nitrogens with zero attached hydrogens (tertiary/aromatic N) is 3. The van der Waals surface area contributed by atoms with Crippen LogP contribution < -0.4 is 5.73 Å². The highest BCUT2D eigenvalue weighted by molar-refractivity contribution is 9.10. The van der Waals surface area contributed by atoms with E-state index in [1.54, 1.807) is 18.1 Å². The minimum absolute atomic E-state index is 0.00491. The van der Waals surface area contributed by atoms with Gasteiger partial charge in [0.15, 0.2) is 0 Å². The molecule has 0 aromatic heterocycles. The molecule has 2 fully saturated rings. The molecule has 0 saturated carbocycles. The van der Waals surface area contributed by atoms with Gasteiger partial charge in [-0.15, -0.1) is 0 Å². The van der Waals surface area contributed by atoms with Crippen LogP contribution in [0.25, 0.3) is 0 Å². The molecule has 36 heavy (non-hydrogen) atoms. The lowest BCUT2D eigenvalue weighted by Crippen LogP contribution is -2.61. The van der Waals surface area contributed by atoms with Crippen molar-refractivity contribution < 1.29 is 18.7 Å². The Morgan fingerprint density at radius 2 is 1.89 bits per heavy atom. The van der Waals surface area contributed by atoms with Crippen molar-refractivity contribution >= 4 is 27.7 Å². The van der Waals surface area contributed by atoms with Gasteiger partial charge in [0.1, 0.15) is 5.82 Å². The monoisotopic (exact) mass is 568 g/mol. The van der Waals surface area contributed by atoms with Gasteiger partial charge in [-0.1, -0.05) is 35.8 Å². The number of hydrogen-bond donors (Lipinski definition) is 1. The first kappa shape index (κ1) is 29.0. The molecule has 0 spiro atoms. The van der Waals surface area contributed by atoms with Crippen LogP contribution >= 0.6 is 15.9 Å². The molecule has 1 aromatic carbocycles. The number of rotatable bonds is 7. The van der Waals surface area contributed by atoms with Crippen LogP contribution in [0, 0.1) is 17.7 Å². The second-order valence-electron chi connectivity index (χ2n) is 11.6. The fourth-order valence-corrected chi connectivity index (χ4v) is 5.79. The first-order chi connectivity index (χ1) is 16.8. The van der Waals surface area contributed by atoms with E-state index in [1.165, 1.54) is 6.07 Å². The van der Waals surface area contributed by atoms with Gasteiger partial charge in [0.2, 0.25) is 11.8 Å². The van der Waals surface area contributed by atoms with Gasteiger partial charge in [-0.3, -0.25) is 14.5 Å². The van der Waals surface area contributed by atoms with Crippen LogP contribution in [0.15, 0.2) is 22.7 Å². The summed E-state index contributed by atoms with van der Waals surface area (Å²) in [5.74, 6) is -0.699. The van der Waals surface area contributed by atoms with Gasteiger partial charge in [0.05, 0.1) is 24.6 Å². The standard InChI is InChI=1S/C27H42BrFN4O3/c1-17(2)11-24(30)26(35)31-9-10-33(19(13-31)16-36-6)25(34)22-15-32(27(3,4)5)14-21(22)20-8-7-18(28)12-23(20)29/h7-8,12,17,19,21-22,24H,9-11,13-16,30H2,1-6H3/t19-,21?,22?,24+/m1/s1. The molecule has 0 bridgehead atoms. The van der Waals surface area contributed by atoms with E-state index in [0.29, 0.717) is 61.7 Å². The molecular weight excluding hydrogens is 527 g/mol. The van der Waals surface area contributed by atoms with Gasteiger partial charge in [0.25, 0.3) is 0 Å². The maximum Gasteiger partial charge on any atom is 0.239 e. The van der Waals surface area contributed by atoms with Crippen molar-refractivity contribution in [1.82, 2.24) is 14.7 Å². The number of benzene rings is 1. The summed E-state index contributed by atoms with van der Waals surface area (Å²) in [6, 6.07) is 4.27. The number of methoxy groups -OCH3 is 1. The Bertz CT molecular complexity index is 938. The molecule has 0 radical (unpaired) electrons. The molecule has 2 aliphatic heterocycles. The number of piperazine rings is 1. The van der Waals surface area contributed by atoms with Crippen molar-refractivity contribution in [1.29, 1.82) is 0 Å². The summed E-state index contributed by atoms with van der Waals surface area (Å²) in [6.07, 6.45) is 0.623. The lowest BCUT2D eigenvalue weighted by Gasteiger charge is -2.43. The van der Waals surface area contributed by atoms with Crippen molar-refractivity contribution in [3.63, 3.8) is 0 Å². The summed E-state index contributed by atoms with van der Waals surface area (Å²) in [5, 5.41) is 0. The highest BCUT2D eigenvalue weighted by Crippen LogP contribution is 2.39. The van der Waals surface area contributed by atoms with Crippen molar-refractivity contribution in [2.45, 2.75) is 64.6 Å². The summed E-state index contributed by atoms with van der Waals surface area (Å²) in [5.41, 5.74) is 6.60. The molecule has 2 saturated heterocycles. The fourth-order valence-electron chi connectivity index (χ4n) is 5.46. The Hall–Kier alpha value is -1.55. The van der Waals surface area contributed by atoms with Crippen LogP contribution in [-0.2, 0) is 14.3 Å². The average molecular weight is 570 g/mol. The van der Waals surface area contributed by atoms with E-state index in [9.17, 15) is 9.59 Å². The molecule has 202 valence electrons. The number of amides is 2. The highest BCUT2D eigenvalue weighted by atomic mass is 79.9. The van der Waals surface area contributed by atoms with Crippen LogP contribution in [0.3, 0.4) is 0 Å². The van der Waals surface area contributed by atoms with Gasteiger partial charge in [0, 0.05) is 55.8 Å². The van der Waals surface area contributed by atoms with Crippen LogP contribution in [0.5, 0.6) is 0 Å². The van der Waals surface area contributed by atoms with Crippen molar-refractivity contribution in [2.24, 2.45) is 17.6 Å². The Morgan fingerprint density at radius 1 is 1.19 bits per heavy atom. The summed E-state index contributed by atoms with van der Waals surface area (Å²) in [7, 11) is 1.60. The predicted octanol–water partition coefficient (Wildman–Crippen LogP) is 3.46. The number of likely N-dealkylation sites (tertiary alicyclic amines) is 1. The Balaban J connectivity index is 1.84. The number of nitrogens with two attached hydrogens (primary N) is 1. The number of hydrogen-bond acceptors (Lipinski definition) is 5. The quantitative estimate of drug-likeness (QED) is 0.545. The molecule has 2 aliphatic rings. The molecule has 3 rings (SSSR count). The molecule has 9 heteroatoms. The van der Waals surface area contributed by atoms with E-state index < -0.39 is 6.04 Å². The lowest BCUT2D eigenvalue weighted by atomic mass is 9.87. The Labute approximate surface area is 223 Å². The number of ether oxygens (including phenoxy) is 1. The Kier molecular flexibility index (Phi) is 9.57. The maximum absolute atomic E-state index is 15.1. The predicted molar refractivity (Wildman–Crippen MR) is 143 cm³/mol. The lowest BCUT2D eigenvalue weighted by molar-refractivity contribution is -0.148. The molecular formula is C27H42BrFN4O3. The third-order valence-corrected chi connectivity index (χ3v) is 7.92. The van der Waals surface area contributed by atoms with E-state index in [1.807, 2.05) is 24.8 Å². The zero-order valence-electron chi connectivity index (χ0n) is 22.5. The SMILES string of the molecule is COC[C@H]1CN(C(=O)[C@@H](N)CC(C)C)CCN1C(=O)C1CN(C(C)(C)C)CC1c1ccc(Br)cc1F. The molecule has 2 heterocycles. The summed E-state index contributed by atoms with van der Waals surface area (Å²) < 4.78 is 21.2. The molecule has 2 amide bonds. The molecule has 2 unspecified atom stereocenters. The minimum Gasteiger partial charge on any atom is -0.382 e. The van der Waals surface area contributed by atoms with E-state index in [0.717, 1.165) is 0 Å². The molecule has 4 atom stereocenters. The smallest absolute Gasteiger partial charge is 0.239 e. The Morgan fingerprint density at radius 3 is 2.47 bits per heavy atom. The second kappa shape index (κ2) is 11.9.